The third-order valence-corrected chi connectivity index (χ3v) is 3.07. The fourth-order valence-electron chi connectivity index (χ4n) is 2.56. The highest BCUT2D eigenvalue weighted by atomic mass is 16.4. The van der Waals surface area contributed by atoms with Crippen LogP contribution < -0.4 is 0 Å². The Morgan fingerprint density at radius 1 is 1.20 bits per heavy atom. The van der Waals surface area contributed by atoms with Crippen LogP contribution in [0.15, 0.2) is 0 Å². The molecule has 3 N–H and O–H groups in total. The van der Waals surface area contributed by atoms with E-state index < -0.39 is 29.4 Å². The van der Waals surface area contributed by atoms with Crippen molar-refractivity contribution in [2.75, 3.05) is 0 Å². The Kier molecular flexibility index (Phi) is 3.04. The van der Waals surface area contributed by atoms with E-state index in [9.17, 15) is 14.7 Å². The molecule has 0 spiro atoms. The SMILES string of the molecule is C[C@@H]1C[C@](C)(O)C[C@H](C(=O)O)[C@@H]1C(=O)O. The van der Waals surface area contributed by atoms with Gasteiger partial charge in [-0.3, -0.25) is 9.59 Å². The van der Waals surface area contributed by atoms with E-state index in [0.717, 1.165) is 0 Å². The van der Waals surface area contributed by atoms with Crippen molar-refractivity contribution in [3.05, 3.63) is 0 Å². The van der Waals surface area contributed by atoms with E-state index in [1.807, 2.05) is 0 Å². The van der Waals surface area contributed by atoms with E-state index in [1.54, 1.807) is 13.8 Å². The van der Waals surface area contributed by atoms with Gasteiger partial charge < -0.3 is 15.3 Å². The van der Waals surface area contributed by atoms with Crippen LogP contribution >= 0.6 is 0 Å². The molecule has 0 heterocycles. The van der Waals surface area contributed by atoms with E-state index in [0.29, 0.717) is 6.42 Å². The zero-order valence-electron chi connectivity index (χ0n) is 8.80. The first-order chi connectivity index (χ1) is 6.74. The van der Waals surface area contributed by atoms with Gasteiger partial charge in [-0.25, -0.2) is 0 Å². The first kappa shape index (κ1) is 12.0. The van der Waals surface area contributed by atoms with E-state index in [1.165, 1.54) is 0 Å². The number of aliphatic carboxylic acids is 2. The summed E-state index contributed by atoms with van der Waals surface area (Å²) in [6, 6.07) is 0. The molecule has 5 nitrogen and oxygen atoms in total. The van der Waals surface area contributed by atoms with Gasteiger partial charge in [0.2, 0.25) is 0 Å². The van der Waals surface area contributed by atoms with Gasteiger partial charge in [0.25, 0.3) is 0 Å². The zero-order valence-corrected chi connectivity index (χ0v) is 8.80. The van der Waals surface area contributed by atoms with Crippen molar-refractivity contribution in [2.45, 2.75) is 32.3 Å². The predicted molar refractivity (Wildman–Crippen MR) is 51.3 cm³/mol. The molecule has 0 aromatic rings. The van der Waals surface area contributed by atoms with Crippen LogP contribution in [0, 0.1) is 17.8 Å². The molecule has 1 rings (SSSR count). The van der Waals surface area contributed by atoms with Crippen molar-refractivity contribution < 1.29 is 24.9 Å². The molecule has 1 fully saturated rings. The third-order valence-electron chi connectivity index (χ3n) is 3.07. The Hall–Kier alpha value is -1.10. The van der Waals surface area contributed by atoms with E-state index in [-0.39, 0.29) is 12.3 Å². The Morgan fingerprint density at radius 2 is 1.73 bits per heavy atom. The molecule has 5 heteroatoms. The lowest BCUT2D eigenvalue weighted by atomic mass is 9.67. The molecular weight excluding hydrogens is 200 g/mol. The normalized spacial score (nSPS) is 41.1. The van der Waals surface area contributed by atoms with Gasteiger partial charge in [-0.2, -0.15) is 0 Å². The molecule has 4 atom stereocenters. The predicted octanol–water partition coefficient (Wildman–Crippen LogP) is 0.569. The van der Waals surface area contributed by atoms with E-state index >= 15 is 0 Å². The molecule has 0 amide bonds. The van der Waals surface area contributed by atoms with E-state index in [4.69, 9.17) is 10.2 Å². The average Bonchev–Trinajstić information content (AvgIpc) is 1.99. The molecule has 0 aromatic carbocycles. The van der Waals surface area contributed by atoms with Crippen LogP contribution in [0.3, 0.4) is 0 Å². The Balaban J connectivity index is 2.96. The second-order valence-corrected chi connectivity index (χ2v) is 4.69. The van der Waals surface area contributed by atoms with Crippen LogP contribution in [0.25, 0.3) is 0 Å². The van der Waals surface area contributed by atoms with E-state index in [2.05, 4.69) is 0 Å². The third kappa shape index (κ3) is 2.47. The summed E-state index contributed by atoms with van der Waals surface area (Å²) in [5.74, 6) is -4.46. The number of rotatable bonds is 2. The van der Waals surface area contributed by atoms with Gasteiger partial charge in [0.1, 0.15) is 0 Å². The molecule has 0 radical (unpaired) electrons. The Bertz CT molecular complexity index is 284. The number of aliphatic hydroxyl groups is 1. The standard InChI is InChI=1S/C10H16O5/c1-5-3-10(2,15)4-6(8(11)12)7(5)9(13)14/h5-7,15H,3-4H2,1-2H3,(H,11,12)(H,13,14)/t5-,6+,7-,10+/m1/s1. The molecule has 0 aromatic heterocycles. The van der Waals surface area contributed by atoms with Crippen LogP contribution in [-0.2, 0) is 9.59 Å². The van der Waals surface area contributed by atoms with Gasteiger partial charge in [-0.15, -0.1) is 0 Å². The number of hydrogen-bond donors (Lipinski definition) is 3. The largest absolute Gasteiger partial charge is 0.481 e. The van der Waals surface area contributed by atoms with Gasteiger partial charge in [-0.1, -0.05) is 6.92 Å². The lowest BCUT2D eigenvalue weighted by molar-refractivity contribution is -0.165. The van der Waals surface area contributed by atoms with Gasteiger partial charge in [0.05, 0.1) is 17.4 Å². The summed E-state index contributed by atoms with van der Waals surface area (Å²) < 4.78 is 0. The fraction of sp³-hybridized carbons (Fsp3) is 0.800. The molecule has 1 saturated carbocycles. The molecular formula is C10H16O5. The highest BCUT2D eigenvalue weighted by Gasteiger charge is 2.47. The minimum atomic E-state index is -1.14. The molecule has 0 aliphatic heterocycles. The summed E-state index contributed by atoms with van der Waals surface area (Å²) in [5, 5.41) is 27.7. The van der Waals surface area contributed by atoms with Crippen molar-refractivity contribution >= 4 is 11.9 Å². The molecule has 0 unspecified atom stereocenters. The molecule has 0 bridgehead atoms. The molecule has 1 aliphatic carbocycles. The maximum absolute atomic E-state index is 10.9. The topological polar surface area (TPSA) is 94.8 Å². The smallest absolute Gasteiger partial charge is 0.307 e. The second-order valence-electron chi connectivity index (χ2n) is 4.69. The highest BCUT2D eigenvalue weighted by molar-refractivity contribution is 5.80. The Morgan fingerprint density at radius 3 is 2.13 bits per heavy atom. The molecule has 15 heavy (non-hydrogen) atoms. The van der Waals surface area contributed by atoms with Crippen molar-refractivity contribution in [2.24, 2.45) is 17.8 Å². The highest BCUT2D eigenvalue weighted by Crippen LogP contribution is 2.40. The fourth-order valence-corrected chi connectivity index (χ4v) is 2.56. The summed E-state index contributed by atoms with van der Waals surface area (Å²) in [7, 11) is 0. The van der Waals surface area contributed by atoms with Crippen LogP contribution in [0.2, 0.25) is 0 Å². The second kappa shape index (κ2) is 3.81. The monoisotopic (exact) mass is 216 g/mol. The maximum Gasteiger partial charge on any atom is 0.307 e. The van der Waals surface area contributed by atoms with Crippen LogP contribution in [0.5, 0.6) is 0 Å². The van der Waals surface area contributed by atoms with Gasteiger partial charge in [0.15, 0.2) is 0 Å². The van der Waals surface area contributed by atoms with Crippen LogP contribution in [0.1, 0.15) is 26.7 Å². The van der Waals surface area contributed by atoms with Crippen molar-refractivity contribution in [1.29, 1.82) is 0 Å². The van der Waals surface area contributed by atoms with Crippen molar-refractivity contribution in [1.82, 2.24) is 0 Å². The lowest BCUT2D eigenvalue weighted by Gasteiger charge is -2.39. The maximum atomic E-state index is 10.9. The van der Waals surface area contributed by atoms with Gasteiger partial charge in [-0.05, 0) is 25.7 Å². The summed E-state index contributed by atoms with van der Waals surface area (Å²) >= 11 is 0. The Labute approximate surface area is 87.7 Å². The minimum absolute atomic E-state index is 0.00361. The zero-order chi connectivity index (χ0) is 11.8. The number of carboxylic acids is 2. The first-order valence-electron chi connectivity index (χ1n) is 4.92. The molecule has 86 valence electrons. The molecule has 0 saturated heterocycles. The first-order valence-corrected chi connectivity index (χ1v) is 4.92. The summed E-state index contributed by atoms with van der Waals surface area (Å²) in [5.41, 5.74) is -1.07. The van der Waals surface area contributed by atoms with Crippen LogP contribution in [0.4, 0.5) is 0 Å². The quantitative estimate of drug-likeness (QED) is 0.627. The van der Waals surface area contributed by atoms with Crippen molar-refractivity contribution in [3.8, 4) is 0 Å². The van der Waals surface area contributed by atoms with Crippen LogP contribution in [-0.4, -0.2) is 32.9 Å². The van der Waals surface area contributed by atoms with Crippen molar-refractivity contribution in [3.63, 3.8) is 0 Å². The lowest BCUT2D eigenvalue weighted by Crippen LogP contribution is -2.47. The minimum Gasteiger partial charge on any atom is -0.481 e. The number of carbonyl (C=O) groups is 2. The number of carboxylic acid groups (broad SMARTS) is 2. The number of hydrogen-bond acceptors (Lipinski definition) is 3. The summed E-state index contributed by atoms with van der Waals surface area (Å²) in [4.78, 5) is 21.9. The molecule has 1 aliphatic rings. The summed E-state index contributed by atoms with van der Waals surface area (Å²) in [6.45, 7) is 3.22. The average molecular weight is 216 g/mol. The van der Waals surface area contributed by atoms with Gasteiger partial charge in [0, 0.05) is 0 Å². The van der Waals surface area contributed by atoms with Gasteiger partial charge >= 0.3 is 11.9 Å². The summed E-state index contributed by atoms with van der Waals surface area (Å²) in [6.07, 6.45) is 0.331.